The maximum absolute atomic E-state index is 12.7. The topological polar surface area (TPSA) is 88.9 Å². The number of rotatable bonds is 9. The molecule has 0 bridgehead atoms. The van der Waals surface area contributed by atoms with Gasteiger partial charge < -0.3 is 15.2 Å². The molecule has 2 amide bonds. The van der Waals surface area contributed by atoms with Crippen molar-refractivity contribution in [1.29, 1.82) is 0 Å². The number of benzene rings is 2. The van der Waals surface area contributed by atoms with E-state index in [1.54, 1.807) is 12.1 Å². The van der Waals surface area contributed by atoms with Crippen LogP contribution >= 0.6 is 11.8 Å². The molecule has 1 heterocycles. The van der Waals surface area contributed by atoms with Crippen LogP contribution in [0.4, 0.5) is 5.69 Å². The molecule has 0 aliphatic carbocycles. The molecule has 166 valence electrons. The lowest BCUT2D eigenvalue weighted by Crippen LogP contribution is -2.29. The zero-order valence-corrected chi connectivity index (χ0v) is 19.3. The molecule has 2 aromatic carbocycles. The van der Waals surface area contributed by atoms with Crippen molar-refractivity contribution in [2.24, 2.45) is 0 Å². The van der Waals surface area contributed by atoms with Crippen molar-refractivity contribution in [2.75, 3.05) is 11.1 Å². The number of hydrogen-bond acceptors (Lipinski definition) is 5. The van der Waals surface area contributed by atoms with E-state index in [-0.39, 0.29) is 23.6 Å². The molecule has 0 aliphatic rings. The first kappa shape index (κ1) is 23.3. The number of nitrogens with zero attached hydrogens (tertiary/aromatic N) is 3. The van der Waals surface area contributed by atoms with Crippen LogP contribution < -0.4 is 10.6 Å². The minimum atomic E-state index is -0.370. The van der Waals surface area contributed by atoms with E-state index in [4.69, 9.17) is 0 Å². The van der Waals surface area contributed by atoms with Crippen molar-refractivity contribution in [2.45, 2.75) is 38.5 Å². The Morgan fingerprint density at radius 3 is 2.66 bits per heavy atom. The molecule has 7 nitrogen and oxygen atoms in total. The van der Waals surface area contributed by atoms with Crippen LogP contribution in [0, 0.1) is 13.8 Å². The Morgan fingerprint density at radius 2 is 1.94 bits per heavy atom. The summed E-state index contributed by atoms with van der Waals surface area (Å²) in [5.41, 5.74) is 3.36. The Bertz CT molecular complexity index is 1130. The molecule has 0 fully saturated rings. The number of aromatic nitrogens is 3. The minimum Gasteiger partial charge on any atom is -0.342 e. The second kappa shape index (κ2) is 10.8. The van der Waals surface area contributed by atoms with Crippen LogP contribution in [0.15, 0.2) is 66.3 Å². The second-order valence-corrected chi connectivity index (χ2v) is 8.40. The molecule has 0 aliphatic heterocycles. The van der Waals surface area contributed by atoms with Gasteiger partial charge in [-0.05, 0) is 50.1 Å². The standard InChI is InChI=1S/C24H27N5O2S/c1-5-13-29-22(18(4)25-23(31)20-12-7-6-10-17(20)3)27-28-24(29)32-15-21(30)26-19-11-8-9-16(2)14-19/h5-12,14,18H,1,13,15H2,2-4H3,(H,25,31)(H,26,30)/t18-/m0/s1. The van der Waals surface area contributed by atoms with E-state index in [1.807, 2.05) is 67.8 Å². The summed E-state index contributed by atoms with van der Waals surface area (Å²) in [5.74, 6) is 0.493. The Hall–Kier alpha value is -3.39. The van der Waals surface area contributed by atoms with Gasteiger partial charge in [0.2, 0.25) is 5.91 Å². The number of carbonyl (C=O) groups is 2. The molecule has 0 saturated carbocycles. The smallest absolute Gasteiger partial charge is 0.252 e. The van der Waals surface area contributed by atoms with Crippen LogP contribution in [-0.2, 0) is 11.3 Å². The van der Waals surface area contributed by atoms with Crippen molar-refractivity contribution in [3.05, 3.63) is 83.7 Å². The summed E-state index contributed by atoms with van der Waals surface area (Å²) in [7, 11) is 0. The third-order valence-electron chi connectivity index (χ3n) is 4.82. The van der Waals surface area contributed by atoms with E-state index >= 15 is 0 Å². The molecule has 0 unspecified atom stereocenters. The van der Waals surface area contributed by atoms with Gasteiger partial charge in [0.1, 0.15) is 0 Å². The fourth-order valence-electron chi connectivity index (χ4n) is 3.24. The summed E-state index contributed by atoms with van der Waals surface area (Å²) < 4.78 is 1.86. The lowest BCUT2D eigenvalue weighted by Gasteiger charge is -2.16. The molecule has 1 atom stereocenters. The third-order valence-corrected chi connectivity index (χ3v) is 5.78. The first-order valence-corrected chi connectivity index (χ1v) is 11.3. The van der Waals surface area contributed by atoms with Crippen LogP contribution in [0.1, 0.15) is 40.3 Å². The zero-order valence-electron chi connectivity index (χ0n) is 18.5. The predicted octanol–water partition coefficient (Wildman–Crippen LogP) is 4.30. The van der Waals surface area contributed by atoms with Gasteiger partial charge in [-0.2, -0.15) is 0 Å². The molecule has 0 saturated heterocycles. The van der Waals surface area contributed by atoms with E-state index in [0.29, 0.717) is 23.1 Å². The van der Waals surface area contributed by atoms with Gasteiger partial charge in [-0.3, -0.25) is 9.59 Å². The highest BCUT2D eigenvalue weighted by Crippen LogP contribution is 2.22. The fourth-order valence-corrected chi connectivity index (χ4v) is 4.00. The number of aryl methyl sites for hydroxylation is 2. The predicted molar refractivity (Wildman–Crippen MR) is 128 cm³/mol. The summed E-state index contributed by atoms with van der Waals surface area (Å²) in [5, 5.41) is 15.0. The van der Waals surface area contributed by atoms with Gasteiger partial charge in [0, 0.05) is 17.8 Å². The van der Waals surface area contributed by atoms with Gasteiger partial charge in [-0.25, -0.2) is 0 Å². The van der Waals surface area contributed by atoms with Gasteiger partial charge in [-0.1, -0.05) is 48.2 Å². The number of thioether (sulfide) groups is 1. The minimum absolute atomic E-state index is 0.129. The molecule has 8 heteroatoms. The number of amides is 2. The average Bonchev–Trinajstić information content (AvgIpc) is 3.15. The van der Waals surface area contributed by atoms with Gasteiger partial charge >= 0.3 is 0 Å². The first-order valence-electron chi connectivity index (χ1n) is 10.3. The summed E-state index contributed by atoms with van der Waals surface area (Å²) in [4.78, 5) is 25.1. The number of hydrogen-bond donors (Lipinski definition) is 2. The van der Waals surface area contributed by atoms with Crippen molar-refractivity contribution < 1.29 is 9.59 Å². The highest BCUT2D eigenvalue weighted by Gasteiger charge is 2.21. The molecule has 0 radical (unpaired) electrons. The third kappa shape index (κ3) is 5.85. The molecule has 3 aromatic rings. The van der Waals surface area contributed by atoms with Crippen LogP contribution in [-0.4, -0.2) is 32.3 Å². The lowest BCUT2D eigenvalue weighted by molar-refractivity contribution is -0.113. The van der Waals surface area contributed by atoms with Crippen molar-refractivity contribution in [3.8, 4) is 0 Å². The van der Waals surface area contributed by atoms with Crippen LogP contribution in [0.25, 0.3) is 0 Å². The molecular formula is C24H27N5O2S. The quantitative estimate of drug-likeness (QED) is 0.376. The van der Waals surface area contributed by atoms with E-state index < -0.39 is 0 Å². The first-order chi connectivity index (χ1) is 15.4. The normalized spacial score (nSPS) is 11.6. The van der Waals surface area contributed by atoms with Crippen LogP contribution in [0.3, 0.4) is 0 Å². The van der Waals surface area contributed by atoms with Crippen molar-refractivity contribution in [3.63, 3.8) is 0 Å². The highest BCUT2D eigenvalue weighted by atomic mass is 32.2. The number of carbonyl (C=O) groups excluding carboxylic acids is 2. The van der Waals surface area contributed by atoms with Gasteiger partial charge in [0.05, 0.1) is 11.8 Å². The monoisotopic (exact) mass is 449 g/mol. The van der Waals surface area contributed by atoms with Crippen molar-refractivity contribution >= 4 is 29.3 Å². The lowest BCUT2D eigenvalue weighted by atomic mass is 10.1. The van der Waals surface area contributed by atoms with E-state index in [9.17, 15) is 9.59 Å². The molecule has 1 aromatic heterocycles. The Kier molecular flexibility index (Phi) is 7.83. The largest absolute Gasteiger partial charge is 0.342 e. The summed E-state index contributed by atoms with van der Waals surface area (Å²) >= 11 is 1.29. The number of anilines is 1. The molecule has 32 heavy (non-hydrogen) atoms. The van der Waals surface area contributed by atoms with Crippen LogP contribution in [0.5, 0.6) is 0 Å². The second-order valence-electron chi connectivity index (χ2n) is 7.46. The highest BCUT2D eigenvalue weighted by molar-refractivity contribution is 7.99. The summed E-state index contributed by atoms with van der Waals surface area (Å²) in [6.07, 6.45) is 1.74. The number of nitrogens with one attached hydrogen (secondary N) is 2. The number of allylic oxidation sites excluding steroid dienone is 1. The van der Waals surface area contributed by atoms with Gasteiger partial charge in [-0.15, -0.1) is 16.8 Å². The average molecular weight is 450 g/mol. The summed E-state index contributed by atoms with van der Waals surface area (Å²) in [6, 6.07) is 14.7. The zero-order chi connectivity index (χ0) is 23.1. The summed E-state index contributed by atoms with van der Waals surface area (Å²) in [6.45, 7) is 10.0. The van der Waals surface area contributed by atoms with Gasteiger partial charge in [0.15, 0.2) is 11.0 Å². The molecule has 2 N–H and O–H groups in total. The molecular weight excluding hydrogens is 422 g/mol. The van der Waals surface area contributed by atoms with Crippen molar-refractivity contribution in [1.82, 2.24) is 20.1 Å². The van der Waals surface area contributed by atoms with E-state index in [1.165, 1.54) is 11.8 Å². The molecule has 0 spiro atoms. The SMILES string of the molecule is C=CCn1c(SCC(=O)Nc2cccc(C)c2)nnc1[C@H](C)NC(=O)c1ccccc1C. The Morgan fingerprint density at radius 1 is 1.16 bits per heavy atom. The fraction of sp³-hybridized carbons (Fsp3) is 0.250. The van der Waals surface area contributed by atoms with E-state index in [2.05, 4.69) is 27.4 Å². The Labute approximate surface area is 192 Å². The van der Waals surface area contributed by atoms with Gasteiger partial charge in [0.25, 0.3) is 5.91 Å². The Balaban J connectivity index is 1.67. The van der Waals surface area contributed by atoms with Crippen LogP contribution in [0.2, 0.25) is 0 Å². The van der Waals surface area contributed by atoms with E-state index in [0.717, 1.165) is 16.8 Å². The molecule has 3 rings (SSSR count). The maximum atomic E-state index is 12.7. The maximum Gasteiger partial charge on any atom is 0.252 e.